The van der Waals surface area contributed by atoms with Gasteiger partial charge in [-0.25, -0.2) is 0 Å². The van der Waals surface area contributed by atoms with Crippen molar-refractivity contribution in [2.45, 2.75) is 309 Å². The van der Waals surface area contributed by atoms with Gasteiger partial charge in [0.15, 0.2) is 16.6 Å². The van der Waals surface area contributed by atoms with Crippen molar-refractivity contribution >= 4 is 16.6 Å². The van der Waals surface area contributed by atoms with Crippen LogP contribution in [0.2, 0.25) is 36.3 Å². The van der Waals surface area contributed by atoms with Crippen molar-refractivity contribution in [2.24, 2.45) is 46.3 Å². The van der Waals surface area contributed by atoms with Gasteiger partial charge in [-0.05, 0) is 222 Å². The van der Waals surface area contributed by atoms with E-state index in [0.29, 0.717) is 73.4 Å². The Bertz CT molecular complexity index is 2160. The van der Waals surface area contributed by atoms with Gasteiger partial charge in [0, 0.05) is 39.3 Å². The lowest BCUT2D eigenvalue weighted by Gasteiger charge is -2.45. The minimum atomic E-state index is -2.16. The van der Waals surface area contributed by atoms with E-state index >= 15 is 0 Å². The summed E-state index contributed by atoms with van der Waals surface area (Å²) in [4.78, 5) is 0. The third kappa shape index (κ3) is 18.8. The van der Waals surface area contributed by atoms with Crippen molar-refractivity contribution in [3.63, 3.8) is 0 Å². The van der Waals surface area contributed by atoms with E-state index in [9.17, 15) is 30.6 Å². The maximum absolute atomic E-state index is 11.4. The lowest BCUT2D eigenvalue weighted by molar-refractivity contribution is -0.0928. The van der Waals surface area contributed by atoms with Gasteiger partial charge in [-0.15, -0.1) is 0 Å². The second kappa shape index (κ2) is 30.1. The molecule has 484 valence electrons. The topological polar surface area (TPSA) is 158 Å². The van der Waals surface area contributed by atoms with Crippen LogP contribution in [0, 0.1) is 46.3 Å². The van der Waals surface area contributed by atoms with Gasteiger partial charge in [0.05, 0.1) is 29.5 Å². The Balaban J connectivity index is 0.000000307. The minimum Gasteiger partial charge on any atom is -0.411 e. The van der Waals surface area contributed by atoms with Gasteiger partial charge in [0.1, 0.15) is 18.3 Å². The molecule has 0 saturated heterocycles. The van der Waals surface area contributed by atoms with Crippen LogP contribution in [-0.4, -0.2) is 122 Å². The fraction of sp³-hybridized carbons (Fsp3) is 0.833. The molecule has 0 aromatic rings. The number of fused-ring (bicyclic) bond motifs is 2. The normalized spacial score (nSPS) is 33.8. The average molecular weight is 1210 g/mol. The first-order chi connectivity index (χ1) is 38.8. The summed E-state index contributed by atoms with van der Waals surface area (Å²) in [5.74, 6) is 4.02. The second-order valence-electron chi connectivity index (χ2n) is 32.4. The highest BCUT2D eigenvalue weighted by Crippen LogP contribution is 2.61. The van der Waals surface area contributed by atoms with Crippen molar-refractivity contribution in [2.75, 3.05) is 26.4 Å². The van der Waals surface area contributed by atoms with Gasteiger partial charge in [-0.1, -0.05) is 144 Å². The third-order valence-corrected chi connectivity index (χ3v) is 31.7. The second-order valence-corrected chi connectivity index (χ2v) is 41.9. The van der Waals surface area contributed by atoms with Crippen LogP contribution in [0.4, 0.5) is 0 Å². The zero-order valence-electron chi connectivity index (χ0n) is 56.9. The van der Waals surface area contributed by atoms with Gasteiger partial charge >= 0.3 is 0 Å². The highest BCUT2D eigenvalue weighted by Gasteiger charge is 2.53. The van der Waals surface area contributed by atoms with Gasteiger partial charge in [-0.3, -0.25) is 0 Å². The van der Waals surface area contributed by atoms with E-state index < -0.39 is 58.4 Å². The monoisotopic (exact) mass is 1210 g/mol. The molecule has 14 atom stereocenters. The van der Waals surface area contributed by atoms with Crippen molar-refractivity contribution < 1.29 is 49.0 Å². The zero-order valence-corrected chi connectivity index (χ0v) is 58.9. The molecule has 0 bridgehead atoms. The first-order valence-electron chi connectivity index (χ1n) is 33.6. The molecule has 0 spiro atoms. The largest absolute Gasteiger partial charge is 0.411 e. The molecule has 84 heavy (non-hydrogen) atoms. The van der Waals surface area contributed by atoms with Crippen LogP contribution in [0.15, 0.2) is 70.9 Å². The predicted octanol–water partition coefficient (Wildman–Crippen LogP) is 16.2. The lowest BCUT2D eigenvalue weighted by atomic mass is 9.60. The van der Waals surface area contributed by atoms with E-state index in [0.717, 1.165) is 72.7 Å². The fourth-order valence-corrected chi connectivity index (χ4v) is 18.3. The summed E-state index contributed by atoms with van der Waals surface area (Å²) < 4.78 is 26.0. The van der Waals surface area contributed by atoms with Crippen LogP contribution < -0.4 is 0 Å². The quantitative estimate of drug-likeness (QED) is 0.0406. The summed E-state index contributed by atoms with van der Waals surface area (Å²) in [6.45, 7) is 49.8. The molecule has 6 aliphatic carbocycles. The molecule has 0 aromatic heterocycles. The molecule has 6 saturated carbocycles. The number of aliphatic hydroxyl groups is 6. The van der Waals surface area contributed by atoms with E-state index in [4.69, 9.17) is 18.3 Å². The van der Waals surface area contributed by atoms with Gasteiger partial charge < -0.3 is 49.0 Å². The van der Waals surface area contributed by atoms with Crippen molar-refractivity contribution in [3.05, 3.63) is 70.9 Å². The van der Waals surface area contributed by atoms with Crippen LogP contribution in [0.5, 0.6) is 0 Å². The Morgan fingerprint density at radius 2 is 1.00 bits per heavy atom. The predicted molar refractivity (Wildman–Crippen MR) is 354 cm³/mol. The van der Waals surface area contributed by atoms with E-state index in [1.54, 1.807) is 11.1 Å². The molecule has 6 aliphatic rings. The molecule has 0 radical (unpaired) electrons. The van der Waals surface area contributed by atoms with Crippen molar-refractivity contribution in [3.8, 4) is 0 Å². The number of rotatable bonds is 24. The first-order valence-corrected chi connectivity index (χ1v) is 39.4. The third-order valence-electron chi connectivity index (χ3n) is 22.8. The molecule has 6 N–H and O–H groups in total. The van der Waals surface area contributed by atoms with Gasteiger partial charge in [0.25, 0.3) is 0 Å². The summed E-state index contributed by atoms with van der Waals surface area (Å²) in [5.41, 5.74) is 6.45. The number of hydrogen-bond acceptors (Lipinski definition) is 10. The van der Waals surface area contributed by atoms with Gasteiger partial charge in [-0.2, -0.15) is 0 Å². The summed E-state index contributed by atoms with van der Waals surface area (Å²) in [6.07, 6.45) is 27.1. The Kier molecular flexibility index (Phi) is 26.2. The van der Waals surface area contributed by atoms with Crippen LogP contribution in [0.1, 0.15) is 225 Å². The molecule has 0 aromatic carbocycles. The smallest absolute Gasteiger partial charge is 0.193 e. The Morgan fingerprint density at radius 3 is 1.42 bits per heavy atom. The number of aliphatic hydroxyl groups excluding tert-OH is 4. The summed E-state index contributed by atoms with van der Waals surface area (Å²) in [5, 5.41) is 61.7. The molecule has 6 fully saturated rings. The van der Waals surface area contributed by atoms with E-state index in [-0.39, 0.29) is 29.4 Å². The molecular formula is C72H128O10Si2. The summed E-state index contributed by atoms with van der Waals surface area (Å²) in [6, 6.07) is 0. The molecule has 6 rings (SSSR count). The van der Waals surface area contributed by atoms with Crippen molar-refractivity contribution in [1.82, 2.24) is 0 Å². The highest BCUT2D eigenvalue weighted by atomic mass is 28.4. The number of hydrogen-bond donors (Lipinski definition) is 6. The maximum atomic E-state index is 11.4. The molecular weight excluding hydrogens is 1080 g/mol. The van der Waals surface area contributed by atoms with Crippen LogP contribution >= 0.6 is 0 Å². The van der Waals surface area contributed by atoms with Crippen LogP contribution in [-0.2, 0) is 18.3 Å². The molecule has 0 aliphatic heterocycles. The lowest BCUT2D eigenvalue weighted by Crippen LogP contribution is -2.53. The Hall–Kier alpha value is -1.53. The average Bonchev–Trinajstić information content (AvgIpc) is 2.73. The Labute approximate surface area is 516 Å². The summed E-state index contributed by atoms with van der Waals surface area (Å²) >= 11 is 0. The van der Waals surface area contributed by atoms with E-state index in [1.807, 2.05) is 27.7 Å². The van der Waals surface area contributed by atoms with E-state index in [2.05, 4.69) is 133 Å². The van der Waals surface area contributed by atoms with E-state index in [1.165, 1.54) is 64.2 Å². The number of allylic oxidation sites excluding steroid dienone is 6. The minimum absolute atomic E-state index is 0.0220. The fourth-order valence-electron chi connectivity index (χ4n) is 15.7. The van der Waals surface area contributed by atoms with Crippen LogP contribution in [0.25, 0.3) is 0 Å². The molecule has 0 heterocycles. The molecule has 12 heteroatoms. The van der Waals surface area contributed by atoms with Gasteiger partial charge in [0.2, 0.25) is 0 Å². The summed E-state index contributed by atoms with van der Waals surface area (Å²) in [7, 11) is -4.27. The maximum Gasteiger partial charge on any atom is 0.193 e. The first kappa shape index (κ1) is 73.2. The highest BCUT2D eigenvalue weighted by molar-refractivity contribution is 6.74. The Morgan fingerprint density at radius 1 is 0.583 bits per heavy atom. The molecule has 0 amide bonds. The van der Waals surface area contributed by atoms with Crippen molar-refractivity contribution in [1.29, 1.82) is 0 Å². The molecule has 0 unspecified atom stereocenters. The van der Waals surface area contributed by atoms with Crippen LogP contribution in [0.3, 0.4) is 0 Å². The molecule has 10 nitrogen and oxygen atoms in total. The zero-order chi connectivity index (χ0) is 63.0. The SMILES string of the molecule is C=C1/C(=C\C=C2/CCC[C@]3(C)[C@@H]([C@H](C)CCCC(C)(C)O)CC[C@@H]23)C[C@@H](O)[C@@H](OCCCO)[C@@H]1O[Si](C)(C)C(C)(C)C.C=C1/C(=C\C=C2/CCC[C@]3(C)[C@@H]([C@H](C)CCCC(C)(C)O)CC[C@@H]23)C[C@@H](O[Si](C)(C)C(C)(C)C)[C@@H](OCCCO)[C@@H]1O. The standard InChI is InChI=1S/2C36H64O5Si/c1-25(14-11-20-35(6,7)39)29-18-19-30-27(15-12-21-36(29,30)8)16-17-28-24-31(41-42(9,10)34(3,4)5)33(32(38)26(28)2)40-23-13-22-37;1-25(14-11-20-35(6,7)39)29-18-19-30-27(15-12-21-36(29,30)8)16-17-28-24-31(38)33(40-23-13-22-37)32(26(28)2)41-42(9,10)34(3,4)5/h2*16-17,25,29-33,37-39H,2,11-15,18-24H2,1,3-10H3/b2*27-16+,28-17-/t2*25-,29-,30+,31-,32-,33-,36-/m11/s1. The number of ether oxygens (including phenoxy) is 2.